The van der Waals surface area contributed by atoms with Gasteiger partial charge in [-0.3, -0.25) is 5.32 Å². The van der Waals surface area contributed by atoms with Crippen molar-refractivity contribution in [2.45, 2.75) is 56.0 Å². The molecule has 0 saturated carbocycles. The Kier molecular flexibility index (Phi) is 7.06. The molecule has 1 aliphatic heterocycles. The SMILES string of the molecule is CCCCC1(CC)CS(=O)(=O)c2cc(C(=O)OC)c(OC)cc2C(c2ccccc2)N1. The molecule has 0 fully saturated rings. The summed E-state index contributed by atoms with van der Waals surface area (Å²) in [5, 5.41) is 3.71. The van der Waals surface area contributed by atoms with Gasteiger partial charge >= 0.3 is 5.97 Å². The first kappa shape index (κ1) is 23.3. The van der Waals surface area contributed by atoms with Gasteiger partial charge in [0.2, 0.25) is 0 Å². The summed E-state index contributed by atoms with van der Waals surface area (Å²) < 4.78 is 37.6. The second-order valence-electron chi connectivity index (χ2n) is 8.07. The molecule has 0 aromatic heterocycles. The minimum absolute atomic E-state index is 0.0280. The van der Waals surface area contributed by atoms with Crippen molar-refractivity contribution in [1.82, 2.24) is 5.32 Å². The van der Waals surface area contributed by atoms with Crippen molar-refractivity contribution >= 4 is 15.8 Å². The fraction of sp³-hybridized carbons (Fsp3) is 0.458. The third-order valence-corrected chi connectivity index (χ3v) is 8.07. The first-order valence-electron chi connectivity index (χ1n) is 10.7. The quantitative estimate of drug-likeness (QED) is 0.641. The molecule has 2 unspecified atom stereocenters. The van der Waals surface area contributed by atoms with Crippen LogP contribution in [0.3, 0.4) is 0 Å². The van der Waals surface area contributed by atoms with Crippen LogP contribution in [-0.2, 0) is 14.6 Å². The number of carbonyl (C=O) groups excluding carboxylic acids is 1. The van der Waals surface area contributed by atoms with Crippen molar-refractivity contribution in [3.8, 4) is 5.75 Å². The number of methoxy groups -OCH3 is 2. The van der Waals surface area contributed by atoms with E-state index in [1.54, 1.807) is 6.07 Å². The zero-order valence-corrected chi connectivity index (χ0v) is 19.4. The van der Waals surface area contributed by atoms with E-state index >= 15 is 0 Å². The van der Waals surface area contributed by atoms with Gasteiger partial charge in [0.25, 0.3) is 0 Å². The second-order valence-corrected chi connectivity index (χ2v) is 10.0. The lowest BCUT2D eigenvalue weighted by Crippen LogP contribution is -2.50. The van der Waals surface area contributed by atoms with Crippen molar-refractivity contribution in [3.05, 3.63) is 59.2 Å². The molecule has 1 heterocycles. The van der Waals surface area contributed by atoms with Gasteiger partial charge in [0, 0.05) is 5.54 Å². The molecule has 0 spiro atoms. The average Bonchev–Trinajstić information content (AvgIpc) is 2.89. The molecule has 3 rings (SSSR count). The van der Waals surface area contributed by atoms with Crippen LogP contribution in [0.2, 0.25) is 0 Å². The molecule has 6 nitrogen and oxygen atoms in total. The number of nitrogens with one attached hydrogen (secondary N) is 1. The van der Waals surface area contributed by atoms with Gasteiger partial charge in [-0.15, -0.1) is 0 Å². The van der Waals surface area contributed by atoms with Gasteiger partial charge in [0.1, 0.15) is 11.3 Å². The Morgan fingerprint density at radius 2 is 1.87 bits per heavy atom. The van der Waals surface area contributed by atoms with Crippen molar-refractivity contribution in [3.63, 3.8) is 0 Å². The molecule has 2 aromatic rings. The molecule has 0 amide bonds. The maximum atomic E-state index is 13.6. The summed E-state index contributed by atoms with van der Waals surface area (Å²) in [5.74, 6) is -0.364. The van der Waals surface area contributed by atoms with Crippen LogP contribution in [0.15, 0.2) is 47.4 Å². The average molecular weight is 446 g/mol. The summed E-state index contributed by atoms with van der Waals surface area (Å²) in [5.41, 5.74) is 1.08. The monoisotopic (exact) mass is 445 g/mol. The van der Waals surface area contributed by atoms with Gasteiger partial charge in [0.15, 0.2) is 9.84 Å². The molecule has 2 aromatic carbocycles. The third kappa shape index (κ3) is 4.62. The van der Waals surface area contributed by atoms with E-state index in [2.05, 4.69) is 12.2 Å². The van der Waals surface area contributed by atoms with E-state index in [1.165, 1.54) is 20.3 Å². The molecule has 31 heavy (non-hydrogen) atoms. The summed E-state index contributed by atoms with van der Waals surface area (Å²) in [6, 6.07) is 12.5. The van der Waals surface area contributed by atoms with E-state index in [4.69, 9.17) is 9.47 Å². The number of ether oxygens (including phenoxy) is 2. The maximum absolute atomic E-state index is 13.6. The molecule has 1 aliphatic rings. The minimum atomic E-state index is -3.68. The highest BCUT2D eigenvalue weighted by molar-refractivity contribution is 7.91. The summed E-state index contributed by atoms with van der Waals surface area (Å²) in [6.45, 7) is 4.13. The zero-order chi connectivity index (χ0) is 22.6. The summed E-state index contributed by atoms with van der Waals surface area (Å²) >= 11 is 0. The Hall–Kier alpha value is -2.38. The van der Waals surface area contributed by atoms with Gasteiger partial charge in [-0.25, -0.2) is 13.2 Å². The van der Waals surface area contributed by atoms with Gasteiger partial charge in [0.05, 0.1) is 30.9 Å². The first-order valence-corrected chi connectivity index (χ1v) is 12.3. The predicted octanol–water partition coefficient (Wildman–Crippen LogP) is 4.29. The van der Waals surface area contributed by atoms with E-state index < -0.39 is 21.3 Å². The largest absolute Gasteiger partial charge is 0.496 e. The highest BCUT2D eigenvalue weighted by Gasteiger charge is 2.42. The van der Waals surface area contributed by atoms with Crippen LogP contribution in [0.1, 0.15) is 67.1 Å². The Labute approximate surface area is 184 Å². The van der Waals surface area contributed by atoms with Gasteiger partial charge in [-0.05, 0) is 36.1 Å². The normalized spacial score (nSPS) is 22.3. The van der Waals surface area contributed by atoms with Crippen molar-refractivity contribution in [1.29, 1.82) is 0 Å². The molecule has 0 bridgehead atoms. The smallest absolute Gasteiger partial charge is 0.341 e. The van der Waals surface area contributed by atoms with E-state index in [1.807, 2.05) is 37.3 Å². The van der Waals surface area contributed by atoms with Crippen LogP contribution in [0, 0.1) is 0 Å². The molecule has 0 aliphatic carbocycles. The predicted molar refractivity (Wildman–Crippen MR) is 120 cm³/mol. The number of hydrogen-bond donors (Lipinski definition) is 1. The molecule has 168 valence electrons. The number of hydrogen-bond acceptors (Lipinski definition) is 6. The van der Waals surface area contributed by atoms with E-state index in [-0.39, 0.29) is 22.3 Å². The molecule has 1 N–H and O–H groups in total. The molecular weight excluding hydrogens is 414 g/mol. The lowest BCUT2D eigenvalue weighted by Gasteiger charge is -2.36. The number of rotatable bonds is 7. The number of sulfone groups is 1. The van der Waals surface area contributed by atoms with E-state index in [0.717, 1.165) is 24.8 Å². The molecule has 0 radical (unpaired) electrons. The van der Waals surface area contributed by atoms with Crippen molar-refractivity contribution < 1.29 is 22.7 Å². The molecule has 0 saturated heterocycles. The van der Waals surface area contributed by atoms with E-state index in [9.17, 15) is 13.2 Å². The van der Waals surface area contributed by atoms with Crippen LogP contribution < -0.4 is 10.1 Å². The Morgan fingerprint density at radius 1 is 1.16 bits per heavy atom. The fourth-order valence-corrected chi connectivity index (χ4v) is 6.47. The Bertz CT molecular complexity index is 1040. The third-order valence-electron chi connectivity index (χ3n) is 6.12. The lowest BCUT2D eigenvalue weighted by molar-refractivity contribution is 0.0596. The minimum Gasteiger partial charge on any atom is -0.496 e. The highest BCUT2D eigenvalue weighted by Crippen LogP contribution is 2.40. The fourth-order valence-electron chi connectivity index (χ4n) is 4.32. The second kappa shape index (κ2) is 9.40. The van der Waals surface area contributed by atoms with Gasteiger partial charge in [-0.2, -0.15) is 0 Å². The number of carbonyl (C=O) groups is 1. The summed E-state index contributed by atoms with van der Waals surface area (Å²) in [4.78, 5) is 12.5. The Balaban J connectivity index is 2.30. The summed E-state index contributed by atoms with van der Waals surface area (Å²) in [7, 11) is -0.957. The maximum Gasteiger partial charge on any atom is 0.341 e. The number of benzene rings is 2. The van der Waals surface area contributed by atoms with Crippen LogP contribution in [0.4, 0.5) is 0 Å². The van der Waals surface area contributed by atoms with Crippen LogP contribution in [0.5, 0.6) is 5.75 Å². The standard InChI is InChI=1S/C24H31NO5S/c1-5-7-13-24(6-2)16-31(27,28)21-15-18(23(26)30-4)20(29-3)14-19(21)22(25-24)17-11-9-8-10-12-17/h8-12,14-15,22,25H,5-7,13,16H2,1-4H3. The van der Waals surface area contributed by atoms with Crippen LogP contribution >= 0.6 is 0 Å². The topological polar surface area (TPSA) is 81.7 Å². The molecule has 7 heteroatoms. The number of unbranched alkanes of at least 4 members (excludes halogenated alkanes) is 1. The van der Waals surface area contributed by atoms with Crippen LogP contribution in [-0.4, -0.2) is 39.9 Å². The Morgan fingerprint density at radius 3 is 2.45 bits per heavy atom. The highest BCUT2D eigenvalue weighted by atomic mass is 32.2. The van der Waals surface area contributed by atoms with Crippen molar-refractivity contribution in [2.75, 3.05) is 20.0 Å². The lowest BCUT2D eigenvalue weighted by atomic mass is 9.88. The number of esters is 1. The zero-order valence-electron chi connectivity index (χ0n) is 18.6. The summed E-state index contributed by atoms with van der Waals surface area (Å²) in [6.07, 6.45) is 3.32. The van der Waals surface area contributed by atoms with Gasteiger partial charge in [-0.1, -0.05) is 57.0 Å². The van der Waals surface area contributed by atoms with Gasteiger partial charge < -0.3 is 9.47 Å². The van der Waals surface area contributed by atoms with Crippen LogP contribution in [0.25, 0.3) is 0 Å². The number of fused-ring (bicyclic) bond motifs is 1. The molecule has 2 atom stereocenters. The molecular formula is C24H31NO5S. The first-order chi connectivity index (χ1) is 14.8. The van der Waals surface area contributed by atoms with E-state index in [0.29, 0.717) is 17.7 Å². The van der Waals surface area contributed by atoms with Crippen molar-refractivity contribution in [2.24, 2.45) is 0 Å².